The van der Waals surface area contributed by atoms with Crippen molar-refractivity contribution in [2.75, 3.05) is 13.2 Å². The van der Waals surface area contributed by atoms with E-state index in [0.29, 0.717) is 37.7 Å². The van der Waals surface area contributed by atoms with Gasteiger partial charge < -0.3 is 14.8 Å². The van der Waals surface area contributed by atoms with E-state index in [1.165, 1.54) is 0 Å². The van der Waals surface area contributed by atoms with E-state index in [2.05, 4.69) is 19.9 Å². The van der Waals surface area contributed by atoms with E-state index in [-0.39, 0.29) is 11.3 Å². The molecule has 0 amide bonds. The van der Waals surface area contributed by atoms with Crippen molar-refractivity contribution in [2.24, 2.45) is 0 Å². The Morgan fingerprint density at radius 3 is 2.96 bits per heavy atom. The summed E-state index contributed by atoms with van der Waals surface area (Å²) >= 11 is 0. The number of rotatable bonds is 5. The molecule has 7 nitrogen and oxygen atoms in total. The molecule has 0 saturated carbocycles. The molecule has 1 aliphatic heterocycles. The fourth-order valence-electron chi connectivity index (χ4n) is 3.48. The van der Waals surface area contributed by atoms with Crippen LogP contribution in [0.2, 0.25) is 0 Å². The normalized spacial score (nSPS) is 13.9. The third-order valence-electron chi connectivity index (χ3n) is 4.86. The van der Waals surface area contributed by atoms with Crippen molar-refractivity contribution in [3.63, 3.8) is 0 Å². The highest BCUT2D eigenvalue weighted by molar-refractivity contribution is 5.53. The second-order valence-corrected chi connectivity index (χ2v) is 6.74. The summed E-state index contributed by atoms with van der Waals surface area (Å²) in [7, 11) is 0. The molecule has 144 valence electrons. The zero-order valence-corrected chi connectivity index (χ0v) is 15.7. The van der Waals surface area contributed by atoms with Gasteiger partial charge >= 0.3 is 0 Å². The first kappa shape index (κ1) is 18.2. The quantitative estimate of drug-likeness (QED) is 0.709. The molecule has 1 aliphatic rings. The van der Waals surface area contributed by atoms with Crippen LogP contribution in [-0.2, 0) is 19.5 Å². The van der Waals surface area contributed by atoms with E-state index >= 15 is 0 Å². The van der Waals surface area contributed by atoms with Crippen LogP contribution in [0.15, 0.2) is 47.5 Å². The number of hydrogen-bond donors (Lipinski definition) is 2. The predicted octanol–water partition coefficient (Wildman–Crippen LogP) is 2.49. The molecule has 4 rings (SSSR count). The molecule has 0 atom stereocenters. The van der Waals surface area contributed by atoms with Crippen LogP contribution in [-0.4, -0.2) is 38.1 Å². The van der Waals surface area contributed by atoms with Crippen LogP contribution in [0.25, 0.3) is 11.4 Å². The Bertz CT molecular complexity index is 1030. The number of aromatic amines is 1. The van der Waals surface area contributed by atoms with Gasteiger partial charge in [-0.15, -0.1) is 0 Å². The lowest BCUT2D eigenvalue weighted by Crippen LogP contribution is -2.35. The van der Waals surface area contributed by atoms with Crippen molar-refractivity contribution in [1.29, 1.82) is 0 Å². The topological polar surface area (TPSA) is 91.3 Å². The molecule has 0 aliphatic carbocycles. The lowest BCUT2D eigenvalue weighted by atomic mass is 10.0. The van der Waals surface area contributed by atoms with Crippen molar-refractivity contribution >= 4 is 0 Å². The van der Waals surface area contributed by atoms with Gasteiger partial charge in [0.15, 0.2) is 11.5 Å². The van der Waals surface area contributed by atoms with Gasteiger partial charge in [-0.3, -0.25) is 14.7 Å². The summed E-state index contributed by atoms with van der Waals surface area (Å²) < 4.78 is 5.47. The molecule has 3 aromatic rings. The Balaban J connectivity index is 1.59. The van der Waals surface area contributed by atoms with Gasteiger partial charge in [-0.1, -0.05) is 12.1 Å². The predicted molar refractivity (Wildman–Crippen MR) is 105 cm³/mol. The first-order chi connectivity index (χ1) is 13.7. The van der Waals surface area contributed by atoms with Gasteiger partial charge in [0, 0.05) is 48.7 Å². The molecule has 28 heavy (non-hydrogen) atoms. The summed E-state index contributed by atoms with van der Waals surface area (Å²) in [6.07, 6.45) is 3.99. The van der Waals surface area contributed by atoms with Gasteiger partial charge in [0.05, 0.1) is 12.3 Å². The third kappa shape index (κ3) is 3.61. The van der Waals surface area contributed by atoms with Crippen molar-refractivity contribution in [3.05, 3.63) is 69.9 Å². The standard InChI is InChI=1S/C21H22N4O3/c1-2-28-18-7-3-5-15(19(18)26)12-25-10-8-16-17(13-25)23-20(24-21(16)27)14-6-4-9-22-11-14/h3-7,9,11,26H,2,8,10,12-13H2,1H3,(H,23,24,27). The van der Waals surface area contributed by atoms with E-state index in [1.54, 1.807) is 18.5 Å². The molecule has 0 saturated heterocycles. The summed E-state index contributed by atoms with van der Waals surface area (Å²) in [4.78, 5) is 26.3. The molecular weight excluding hydrogens is 356 g/mol. The van der Waals surface area contributed by atoms with Crippen molar-refractivity contribution in [1.82, 2.24) is 19.9 Å². The summed E-state index contributed by atoms with van der Waals surface area (Å²) in [5.74, 6) is 1.19. The lowest BCUT2D eigenvalue weighted by molar-refractivity contribution is 0.235. The number of phenolic OH excluding ortho intramolecular Hbond substituents is 1. The first-order valence-electron chi connectivity index (χ1n) is 9.34. The Morgan fingerprint density at radius 1 is 1.29 bits per heavy atom. The van der Waals surface area contributed by atoms with Gasteiger partial charge in [0.2, 0.25) is 0 Å². The van der Waals surface area contributed by atoms with Gasteiger partial charge in [0.1, 0.15) is 5.82 Å². The van der Waals surface area contributed by atoms with Gasteiger partial charge in [-0.05, 0) is 31.5 Å². The largest absolute Gasteiger partial charge is 0.504 e. The van der Waals surface area contributed by atoms with E-state index < -0.39 is 0 Å². The summed E-state index contributed by atoms with van der Waals surface area (Å²) in [6, 6.07) is 9.21. The maximum Gasteiger partial charge on any atom is 0.254 e. The molecule has 7 heteroatoms. The SMILES string of the molecule is CCOc1cccc(CN2CCc3c(nc(-c4cccnc4)[nH]c3=O)C2)c1O. The minimum Gasteiger partial charge on any atom is -0.504 e. The smallest absolute Gasteiger partial charge is 0.254 e. The number of ether oxygens (including phenoxy) is 1. The fraction of sp³-hybridized carbons (Fsp3) is 0.286. The number of aromatic nitrogens is 3. The fourth-order valence-corrected chi connectivity index (χ4v) is 3.48. The number of benzene rings is 1. The van der Waals surface area contributed by atoms with E-state index in [1.807, 2.05) is 31.2 Å². The molecule has 2 N–H and O–H groups in total. The van der Waals surface area contributed by atoms with Crippen molar-refractivity contribution in [2.45, 2.75) is 26.4 Å². The lowest BCUT2D eigenvalue weighted by Gasteiger charge is -2.28. The zero-order chi connectivity index (χ0) is 19.5. The molecule has 0 unspecified atom stereocenters. The van der Waals surface area contributed by atoms with Crippen molar-refractivity contribution < 1.29 is 9.84 Å². The number of para-hydroxylation sites is 1. The van der Waals surface area contributed by atoms with Crippen molar-refractivity contribution in [3.8, 4) is 22.9 Å². The number of hydrogen-bond acceptors (Lipinski definition) is 6. The van der Waals surface area contributed by atoms with Crippen LogP contribution in [0.4, 0.5) is 0 Å². The number of nitrogens with zero attached hydrogens (tertiary/aromatic N) is 3. The number of aromatic hydroxyl groups is 1. The Morgan fingerprint density at radius 2 is 2.18 bits per heavy atom. The molecular formula is C21H22N4O3. The summed E-state index contributed by atoms with van der Waals surface area (Å²) in [5.41, 5.74) is 2.99. The molecule has 0 fully saturated rings. The highest BCUT2D eigenvalue weighted by Crippen LogP contribution is 2.31. The van der Waals surface area contributed by atoms with Crippen LogP contribution < -0.4 is 10.3 Å². The maximum atomic E-state index is 12.5. The molecule has 0 spiro atoms. The number of pyridine rings is 1. The second-order valence-electron chi connectivity index (χ2n) is 6.74. The average molecular weight is 378 g/mol. The first-order valence-corrected chi connectivity index (χ1v) is 9.34. The molecule has 0 radical (unpaired) electrons. The van der Waals surface area contributed by atoms with Crippen LogP contribution in [0, 0.1) is 0 Å². The summed E-state index contributed by atoms with van der Waals surface area (Å²) in [5, 5.41) is 10.5. The Labute approximate surface area is 162 Å². The zero-order valence-electron chi connectivity index (χ0n) is 15.7. The van der Waals surface area contributed by atoms with Crippen LogP contribution >= 0.6 is 0 Å². The van der Waals surface area contributed by atoms with Gasteiger partial charge in [0.25, 0.3) is 5.56 Å². The number of phenols is 1. The minimum absolute atomic E-state index is 0.0929. The Hall–Kier alpha value is -3.19. The Kier molecular flexibility index (Phi) is 5.08. The monoisotopic (exact) mass is 378 g/mol. The highest BCUT2D eigenvalue weighted by Gasteiger charge is 2.22. The van der Waals surface area contributed by atoms with E-state index in [0.717, 1.165) is 28.9 Å². The van der Waals surface area contributed by atoms with E-state index in [9.17, 15) is 9.90 Å². The van der Waals surface area contributed by atoms with Crippen LogP contribution in [0.1, 0.15) is 23.7 Å². The summed E-state index contributed by atoms with van der Waals surface area (Å²) in [6.45, 7) is 4.21. The average Bonchev–Trinajstić information content (AvgIpc) is 2.71. The number of nitrogens with one attached hydrogen (secondary N) is 1. The molecule has 3 heterocycles. The van der Waals surface area contributed by atoms with Crippen LogP contribution in [0.3, 0.4) is 0 Å². The van der Waals surface area contributed by atoms with Gasteiger partial charge in [-0.2, -0.15) is 0 Å². The maximum absolute atomic E-state index is 12.5. The third-order valence-corrected chi connectivity index (χ3v) is 4.86. The number of fused-ring (bicyclic) bond motifs is 1. The molecule has 1 aromatic carbocycles. The highest BCUT2D eigenvalue weighted by atomic mass is 16.5. The molecule has 2 aromatic heterocycles. The van der Waals surface area contributed by atoms with E-state index in [4.69, 9.17) is 4.74 Å². The van der Waals surface area contributed by atoms with Crippen LogP contribution in [0.5, 0.6) is 11.5 Å². The number of H-pyrrole nitrogens is 1. The minimum atomic E-state index is -0.0929. The van der Waals surface area contributed by atoms with Gasteiger partial charge in [-0.25, -0.2) is 4.98 Å². The molecule has 0 bridgehead atoms. The second kappa shape index (κ2) is 7.82.